The molecule has 2 nitrogen and oxygen atoms in total. The van der Waals surface area contributed by atoms with Gasteiger partial charge in [-0.1, -0.05) is 12.1 Å². The Bertz CT molecular complexity index is 327. The van der Waals surface area contributed by atoms with E-state index in [-0.39, 0.29) is 6.04 Å². The highest BCUT2D eigenvalue weighted by molar-refractivity contribution is 5.30. The van der Waals surface area contributed by atoms with Gasteiger partial charge in [0.25, 0.3) is 0 Å². The van der Waals surface area contributed by atoms with E-state index in [1.54, 1.807) is 7.11 Å². The Hall–Kier alpha value is -1.46. The zero-order chi connectivity index (χ0) is 10.4. The van der Waals surface area contributed by atoms with Gasteiger partial charge in [-0.3, -0.25) is 0 Å². The second-order valence-corrected chi connectivity index (χ2v) is 3.13. The molecule has 14 heavy (non-hydrogen) atoms. The molecule has 1 aromatic carbocycles. The van der Waals surface area contributed by atoms with E-state index in [0.29, 0.717) is 6.42 Å². The van der Waals surface area contributed by atoms with Crippen LogP contribution in [0, 0.1) is 12.3 Å². The first-order chi connectivity index (χ1) is 6.77. The highest BCUT2D eigenvalue weighted by Gasteiger charge is 2.05. The molecule has 0 saturated carbocycles. The number of terminal acetylenes is 1. The van der Waals surface area contributed by atoms with Crippen LogP contribution in [0.1, 0.15) is 24.4 Å². The van der Waals surface area contributed by atoms with Crippen LogP contribution in [-0.4, -0.2) is 7.11 Å². The lowest BCUT2D eigenvalue weighted by molar-refractivity contribution is 0.413. The molecule has 0 aromatic heterocycles. The van der Waals surface area contributed by atoms with Crippen molar-refractivity contribution in [1.82, 2.24) is 0 Å². The van der Waals surface area contributed by atoms with Crippen LogP contribution in [0.4, 0.5) is 0 Å². The lowest BCUT2D eigenvalue weighted by atomic mass is 10.0. The molecular weight excluding hydrogens is 174 g/mol. The van der Waals surface area contributed by atoms with Gasteiger partial charge in [-0.2, -0.15) is 0 Å². The van der Waals surface area contributed by atoms with E-state index in [1.165, 1.54) is 0 Å². The van der Waals surface area contributed by atoms with Gasteiger partial charge in [0, 0.05) is 12.5 Å². The molecule has 2 N–H and O–H groups in total. The second kappa shape index (κ2) is 5.31. The molecule has 1 unspecified atom stereocenters. The van der Waals surface area contributed by atoms with Gasteiger partial charge < -0.3 is 10.5 Å². The number of methoxy groups -OCH3 is 1. The zero-order valence-electron chi connectivity index (χ0n) is 8.36. The van der Waals surface area contributed by atoms with Crippen LogP contribution in [0.3, 0.4) is 0 Å². The first kappa shape index (κ1) is 10.6. The summed E-state index contributed by atoms with van der Waals surface area (Å²) in [5.41, 5.74) is 7.02. The Morgan fingerprint density at radius 1 is 1.57 bits per heavy atom. The van der Waals surface area contributed by atoms with Crippen molar-refractivity contribution in [2.75, 3.05) is 7.11 Å². The predicted octanol–water partition coefficient (Wildman–Crippen LogP) is 2.11. The molecule has 0 aliphatic heterocycles. The SMILES string of the molecule is C#CCCC(N)c1cccc(OC)c1. The average molecular weight is 189 g/mol. The molecule has 2 heteroatoms. The number of rotatable bonds is 4. The van der Waals surface area contributed by atoms with Gasteiger partial charge in [-0.15, -0.1) is 12.3 Å². The van der Waals surface area contributed by atoms with Gasteiger partial charge in [-0.05, 0) is 24.1 Å². The molecule has 1 atom stereocenters. The van der Waals surface area contributed by atoms with Crippen molar-refractivity contribution in [2.24, 2.45) is 5.73 Å². The van der Waals surface area contributed by atoms with Gasteiger partial charge in [0.05, 0.1) is 7.11 Å². The molecule has 0 aliphatic rings. The summed E-state index contributed by atoms with van der Waals surface area (Å²) in [6.45, 7) is 0. The van der Waals surface area contributed by atoms with E-state index in [2.05, 4.69) is 5.92 Å². The third-order valence-corrected chi connectivity index (χ3v) is 2.12. The van der Waals surface area contributed by atoms with Gasteiger partial charge in [0.2, 0.25) is 0 Å². The van der Waals surface area contributed by atoms with Gasteiger partial charge in [0.1, 0.15) is 5.75 Å². The summed E-state index contributed by atoms with van der Waals surface area (Å²) in [5.74, 6) is 3.42. The first-order valence-corrected chi connectivity index (χ1v) is 4.61. The normalized spacial score (nSPS) is 11.8. The first-order valence-electron chi connectivity index (χ1n) is 4.61. The molecule has 0 spiro atoms. The molecule has 0 aliphatic carbocycles. The number of hydrogen-bond donors (Lipinski definition) is 1. The Balaban J connectivity index is 2.70. The average Bonchev–Trinajstić information content (AvgIpc) is 2.26. The standard InChI is InChI=1S/C12H15NO/c1-3-4-8-12(13)10-6-5-7-11(9-10)14-2/h1,5-7,9,12H,4,8,13H2,2H3. The Kier molecular flexibility index (Phi) is 4.03. The summed E-state index contributed by atoms with van der Waals surface area (Å²) in [4.78, 5) is 0. The molecule has 0 fully saturated rings. The molecular formula is C12H15NO. The van der Waals surface area contributed by atoms with Crippen molar-refractivity contribution < 1.29 is 4.74 Å². The minimum Gasteiger partial charge on any atom is -0.497 e. The third-order valence-electron chi connectivity index (χ3n) is 2.12. The Morgan fingerprint density at radius 3 is 3.00 bits per heavy atom. The molecule has 0 saturated heterocycles. The fourth-order valence-corrected chi connectivity index (χ4v) is 1.28. The maximum Gasteiger partial charge on any atom is 0.119 e. The van der Waals surface area contributed by atoms with Crippen molar-refractivity contribution in [1.29, 1.82) is 0 Å². The quantitative estimate of drug-likeness (QED) is 0.736. The second-order valence-electron chi connectivity index (χ2n) is 3.13. The zero-order valence-corrected chi connectivity index (χ0v) is 8.36. The smallest absolute Gasteiger partial charge is 0.119 e. The Labute approximate surface area is 85.1 Å². The summed E-state index contributed by atoms with van der Waals surface area (Å²) in [5, 5.41) is 0. The van der Waals surface area contributed by atoms with Crippen LogP contribution in [0.25, 0.3) is 0 Å². The van der Waals surface area contributed by atoms with Gasteiger partial charge in [-0.25, -0.2) is 0 Å². The summed E-state index contributed by atoms with van der Waals surface area (Å²) in [6, 6.07) is 7.77. The van der Waals surface area contributed by atoms with Gasteiger partial charge in [0.15, 0.2) is 0 Å². The van der Waals surface area contributed by atoms with Crippen molar-refractivity contribution in [3.8, 4) is 18.1 Å². The molecule has 0 bridgehead atoms. The Morgan fingerprint density at radius 2 is 2.36 bits per heavy atom. The maximum absolute atomic E-state index is 5.95. The fourth-order valence-electron chi connectivity index (χ4n) is 1.28. The molecule has 74 valence electrons. The third kappa shape index (κ3) is 2.79. The van der Waals surface area contributed by atoms with E-state index in [4.69, 9.17) is 16.9 Å². The highest BCUT2D eigenvalue weighted by atomic mass is 16.5. The van der Waals surface area contributed by atoms with Crippen molar-refractivity contribution in [3.05, 3.63) is 29.8 Å². The summed E-state index contributed by atoms with van der Waals surface area (Å²) in [6.07, 6.45) is 6.70. The summed E-state index contributed by atoms with van der Waals surface area (Å²) < 4.78 is 5.11. The molecule has 0 amide bonds. The van der Waals surface area contributed by atoms with Crippen LogP contribution >= 0.6 is 0 Å². The highest BCUT2D eigenvalue weighted by Crippen LogP contribution is 2.20. The van der Waals surface area contributed by atoms with E-state index in [0.717, 1.165) is 17.7 Å². The van der Waals surface area contributed by atoms with E-state index in [1.807, 2.05) is 24.3 Å². The van der Waals surface area contributed by atoms with Crippen LogP contribution in [-0.2, 0) is 0 Å². The van der Waals surface area contributed by atoms with Gasteiger partial charge >= 0.3 is 0 Å². The number of benzene rings is 1. The number of ether oxygens (including phenoxy) is 1. The monoisotopic (exact) mass is 189 g/mol. The lowest BCUT2D eigenvalue weighted by Gasteiger charge is -2.11. The van der Waals surface area contributed by atoms with Crippen molar-refractivity contribution in [2.45, 2.75) is 18.9 Å². The minimum atomic E-state index is 0.00106. The number of nitrogens with two attached hydrogens (primary N) is 1. The van der Waals surface area contributed by atoms with E-state index in [9.17, 15) is 0 Å². The van der Waals surface area contributed by atoms with E-state index < -0.39 is 0 Å². The largest absolute Gasteiger partial charge is 0.497 e. The van der Waals surface area contributed by atoms with Crippen LogP contribution in [0.15, 0.2) is 24.3 Å². The fraction of sp³-hybridized carbons (Fsp3) is 0.333. The van der Waals surface area contributed by atoms with E-state index >= 15 is 0 Å². The predicted molar refractivity (Wildman–Crippen MR) is 58.0 cm³/mol. The number of hydrogen-bond acceptors (Lipinski definition) is 2. The van der Waals surface area contributed by atoms with Crippen molar-refractivity contribution >= 4 is 0 Å². The molecule has 1 rings (SSSR count). The molecule has 0 radical (unpaired) electrons. The topological polar surface area (TPSA) is 35.2 Å². The van der Waals surface area contributed by atoms with Crippen LogP contribution < -0.4 is 10.5 Å². The minimum absolute atomic E-state index is 0.00106. The summed E-state index contributed by atoms with van der Waals surface area (Å²) >= 11 is 0. The maximum atomic E-state index is 5.95. The van der Waals surface area contributed by atoms with Crippen LogP contribution in [0.2, 0.25) is 0 Å². The summed E-state index contributed by atoms with van der Waals surface area (Å²) in [7, 11) is 1.64. The van der Waals surface area contributed by atoms with Crippen molar-refractivity contribution in [3.63, 3.8) is 0 Å². The molecule has 1 aromatic rings. The molecule has 0 heterocycles. The lowest BCUT2D eigenvalue weighted by Crippen LogP contribution is -2.09. The van der Waals surface area contributed by atoms with Crippen LogP contribution in [0.5, 0.6) is 5.75 Å².